The lowest BCUT2D eigenvalue weighted by Gasteiger charge is -2.06. The van der Waals surface area contributed by atoms with Crippen molar-refractivity contribution >= 4 is 6.29 Å². The van der Waals surface area contributed by atoms with Gasteiger partial charge in [-0.1, -0.05) is 30.3 Å². The Morgan fingerprint density at radius 1 is 1.12 bits per heavy atom. The number of hydrogen-bond acceptors (Lipinski definition) is 3. The maximum atomic E-state index is 10.9. The van der Waals surface area contributed by atoms with Crippen molar-refractivity contribution in [1.29, 1.82) is 0 Å². The summed E-state index contributed by atoms with van der Waals surface area (Å²) in [5.74, 6) is 0.504. The van der Waals surface area contributed by atoms with Gasteiger partial charge in [-0.15, -0.1) is 0 Å². The second kappa shape index (κ2) is 4.57. The maximum Gasteiger partial charge on any atom is 0.213 e. The second-order valence-corrected chi connectivity index (χ2v) is 3.28. The fourth-order valence-corrected chi connectivity index (χ4v) is 1.49. The molecule has 0 atom stereocenters. The predicted octanol–water partition coefficient (Wildman–Crippen LogP) is 2.57. The molecule has 0 radical (unpaired) electrons. The van der Waals surface area contributed by atoms with Crippen LogP contribution < -0.4 is 4.74 Å². The van der Waals surface area contributed by atoms with Crippen LogP contribution >= 0.6 is 0 Å². The van der Waals surface area contributed by atoms with Crippen LogP contribution in [-0.4, -0.2) is 18.4 Å². The van der Waals surface area contributed by atoms with Crippen LogP contribution in [0.3, 0.4) is 0 Å². The van der Waals surface area contributed by atoms with Crippen LogP contribution in [0.25, 0.3) is 11.3 Å². The van der Waals surface area contributed by atoms with E-state index in [-0.39, 0.29) is 0 Å². The van der Waals surface area contributed by atoms with Crippen molar-refractivity contribution in [2.45, 2.75) is 0 Å². The molecule has 0 aliphatic carbocycles. The molecule has 1 heterocycles. The fraction of sp³-hybridized carbons (Fsp3) is 0.0769. The van der Waals surface area contributed by atoms with E-state index in [1.54, 1.807) is 19.2 Å². The third-order valence-corrected chi connectivity index (χ3v) is 2.28. The van der Waals surface area contributed by atoms with Crippen LogP contribution in [0.15, 0.2) is 42.5 Å². The minimum atomic E-state index is 0.504. The van der Waals surface area contributed by atoms with Gasteiger partial charge in [0.1, 0.15) is 0 Å². The Balaban J connectivity index is 2.57. The van der Waals surface area contributed by atoms with Crippen LogP contribution in [0.4, 0.5) is 0 Å². The summed E-state index contributed by atoms with van der Waals surface area (Å²) in [6.45, 7) is 0. The Morgan fingerprint density at radius 2 is 1.88 bits per heavy atom. The van der Waals surface area contributed by atoms with Crippen LogP contribution in [0, 0.1) is 0 Å². The van der Waals surface area contributed by atoms with E-state index < -0.39 is 0 Å². The molecule has 3 heteroatoms. The van der Waals surface area contributed by atoms with E-state index in [1.165, 1.54) is 0 Å². The van der Waals surface area contributed by atoms with Crippen molar-refractivity contribution in [1.82, 2.24) is 4.98 Å². The van der Waals surface area contributed by atoms with E-state index >= 15 is 0 Å². The first-order chi connectivity index (χ1) is 7.85. The lowest BCUT2D eigenvalue weighted by Crippen LogP contribution is -1.95. The van der Waals surface area contributed by atoms with Crippen molar-refractivity contribution < 1.29 is 9.53 Å². The number of hydrogen-bond donors (Lipinski definition) is 0. The highest BCUT2D eigenvalue weighted by Gasteiger charge is 2.07. The van der Waals surface area contributed by atoms with Gasteiger partial charge < -0.3 is 4.74 Å². The number of aldehydes is 1. The van der Waals surface area contributed by atoms with Crippen LogP contribution in [0.1, 0.15) is 10.4 Å². The minimum Gasteiger partial charge on any atom is -0.481 e. The summed E-state index contributed by atoms with van der Waals surface area (Å²) in [5.41, 5.74) is 2.12. The Morgan fingerprint density at radius 3 is 2.50 bits per heavy atom. The van der Waals surface area contributed by atoms with Gasteiger partial charge in [-0.2, -0.15) is 0 Å². The van der Waals surface area contributed by atoms with E-state index in [9.17, 15) is 4.79 Å². The molecular weight excluding hydrogens is 202 g/mol. The molecule has 0 aliphatic heterocycles. The van der Waals surface area contributed by atoms with Crippen LogP contribution in [-0.2, 0) is 0 Å². The lowest BCUT2D eigenvalue weighted by molar-refractivity contribution is 0.112. The normalized spacial score (nSPS) is 9.81. The first-order valence-corrected chi connectivity index (χ1v) is 4.91. The summed E-state index contributed by atoms with van der Waals surface area (Å²) >= 11 is 0. The SMILES string of the molecule is COc1ccc(C=O)c(-c2ccccc2)n1. The molecule has 0 aliphatic rings. The number of ether oxygens (including phenoxy) is 1. The molecule has 3 nitrogen and oxygen atoms in total. The lowest BCUT2D eigenvalue weighted by atomic mass is 10.1. The summed E-state index contributed by atoms with van der Waals surface area (Å²) in [4.78, 5) is 15.2. The molecule has 0 N–H and O–H groups in total. The standard InChI is InChI=1S/C13H11NO2/c1-16-12-8-7-11(9-15)13(14-12)10-5-3-2-4-6-10/h2-9H,1H3. The summed E-state index contributed by atoms with van der Waals surface area (Å²) in [5, 5.41) is 0. The molecule has 0 bridgehead atoms. The average Bonchev–Trinajstić information content (AvgIpc) is 2.39. The number of benzene rings is 1. The molecule has 0 amide bonds. The molecular formula is C13H11NO2. The predicted molar refractivity (Wildman–Crippen MR) is 61.6 cm³/mol. The molecule has 16 heavy (non-hydrogen) atoms. The molecule has 2 aromatic rings. The van der Waals surface area contributed by atoms with Gasteiger partial charge in [0.25, 0.3) is 0 Å². The molecule has 0 unspecified atom stereocenters. The van der Waals surface area contributed by atoms with E-state index in [1.807, 2.05) is 30.3 Å². The molecule has 0 saturated heterocycles. The number of aromatic nitrogens is 1. The smallest absolute Gasteiger partial charge is 0.213 e. The van der Waals surface area contributed by atoms with Crippen LogP contribution in [0.5, 0.6) is 5.88 Å². The number of nitrogens with zero attached hydrogens (tertiary/aromatic N) is 1. The second-order valence-electron chi connectivity index (χ2n) is 3.28. The Hall–Kier alpha value is -2.16. The first kappa shape index (κ1) is 10.4. The summed E-state index contributed by atoms with van der Waals surface area (Å²) in [6, 6.07) is 12.9. The van der Waals surface area contributed by atoms with Gasteiger partial charge in [0.2, 0.25) is 5.88 Å². The van der Waals surface area contributed by atoms with Gasteiger partial charge in [-0.05, 0) is 6.07 Å². The summed E-state index contributed by atoms with van der Waals surface area (Å²) < 4.78 is 5.05. The quantitative estimate of drug-likeness (QED) is 0.735. The molecule has 80 valence electrons. The summed E-state index contributed by atoms with van der Waals surface area (Å²) in [7, 11) is 1.55. The van der Waals surface area contributed by atoms with Gasteiger partial charge in [0.05, 0.1) is 12.8 Å². The third-order valence-electron chi connectivity index (χ3n) is 2.28. The van der Waals surface area contributed by atoms with E-state index in [2.05, 4.69) is 4.98 Å². The van der Waals surface area contributed by atoms with Gasteiger partial charge in [0, 0.05) is 17.2 Å². The van der Waals surface area contributed by atoms with E-state index in [0.29, 0.717) is 17.1 Å². The minimum absolute atomic E-state index is 0.504. The number of carbonyl (C=O) groups is 1. The van der Waals surface area contributed by atoms with Crippen molar-refractivity contribution in [2.24, 2.45) is 0 Å². The first-order valence-electron chi connectivity index (χ1n) is 4.91. The van der Waals surface area contributed by atoms with E-state index in [0.717, 1.165) is 11.8 Å². The third kappa shape index (κ3) is 1.93. The van der Waals surface area contributed by atoms with Gasteiger partial charge in [0.15, 0.2) is 6.29 Å². The highest BCUT2D eigenvalue weighted by Crippen LogP contribution is 2.22. The summed E-state index contributed by atoms with van der Waals surface area (Å²) in [6.07, 6.45) is 0.800. The molecule has 0 spiro atoms. The van der Waals surface area contributed by atoms with E-state index in [4.69, 9.17) is 4.74 Å². The average molecular weight is 213 g/mol. The number of methoxy groups -OCH3 is 1. The zero-order valence-electron chi connectivity index (χ0n) is 8.88. The zero-order chi connectivity index (χ0) is 11.4. The van der Waals surface area contributed by atoms with Crippen molar-refractivity contribution in [3.8, 4) is 17.1 Å². The molecule has 0 fully saturated rings. The van der Waals surface area contributed by atoms with Crippen molar-refractivity contribution in [3.05, 3.63) is 48.0 Å². The zero-order valence-corrected chi connectivity index (χ0v) is 8.88. The molecule has 0 saturated carbocycles. The maximum absolute atomic E-state index is 10.9. The largest absolute Gasteiger partial charge is 0.481 e. The number of carbonyl (C=O) groups excluding carboxylic acids is 1. The highest BCUT2D eigenvalue weighted by atomic mass is 16.5. The van der Waals surface area contributed by atoms with Crippen LogP contribution in [0.2, 0.25) is 0 Å². The Bertz CT molecular complexity index is 495. The Labute approximate surface area is 93.7 Å². The number of pyridine rings is 1. The molecule has 1 aromatic heterocycles. The fourth-order valence-electron chi connectivity index (χ4n) is 1.49. The monoisotopic (exact) mass is 213 g/mol. The topological polar surface area (TPSA) is 39.2 Å². The number of rotatable bonds is 3. The van der Waals surface area contributed by atoms with Gasteiger partial charge in [-0.3, -0.25) is 4.79 Å². The molecule has 2 rings (SSSR count). The highest BCUT2D eigenvalue weighted by molar-refractivity contribution is 5.85. The van der Waals surface area contributed by atoms with Gasteiger partial charge >= 0.3 is 0 Å². The van der Waals surface area contributed by atoms with Crippen molar-refractivity contribution in [2.75, 3.05) is 7.11 Å². The van der Waals surface area contributed by atoms with Gasteiger partial charge in [-0.25, -0.2) is 4.98 Å². The van der Waals surface area contributed by atoms with Crippen molar-refractivity contribution in [3.63, 3.8) is 0 Å². The Kier molecular flexibility index (Phi) is 2.96. The molecule has 1 aromatic carbocycles.